The van der Waals surface area contributed by atoms with Crippen LogP contribution in [0.5, 0.6) is 5.75 Å². The number of nitrogens with zero attached hydrogens (tertiary/aromatic N) is 2. The second kappa shape index (κ2) is 6.16. The van der Waals surface area contributed by atoms with Crippen LogP contribution in [-0.2, 0) is 14.8 Å². The summed E-state index contributed by atoms with van der Waals surface area (Å²) in [5.74, 6) is 0.387. The minimum atomic E-state index is -3.55. The molecule has 0 saturated carbocycles. The number of morpholine rings is 1. The van der Waals surface area contributed by atoms with Crippen LogP contribution >= 0.6 is 0 Å². The summed E-state index contributed by atoms with van der Waals surface area (Å²) >= 11 is 0. The van der Waals surface area contributed by atoms with Crippen molar-refractivity contribution in [2.75, 3.05) is 40.4 Å². The molecule has 0 aromatic heterocycles. The average molecular weight is 326 g/mol. The summed E-state index contributed by atoms with van der Waals surface area (Å²) in [6, 6.07) is 6.88. The van der Waals surface area contributed by atoms with Gasteiger partial charge in [-0.2, -0.15) is 4.31 Å². The highest BCUT2D eigenvalue weighted by molar-refractivity contribution is 7.89. The van der Waals surface area contributed by atoms with E-state index in [0.29, 0.717) is 18.8 Å². The first kappa shape index (κ1) is 15.7. The molecule has 3 rings (SSSR count). The van der Waals surface area contributed by atoms with Gasteiger partial charge in [0, 0.05) is 25.7 Å². The van der Waals surface area contributed by atoms with Gasteiger partial charge in [0.15, 0.2) is 0 Å². The molecule has 7 heteroatoms. The van der Waals surface area contributed by atoms with Crippen LogP contribution in [0.15, 0.2) is 29.2 Å². The van der Waals surface area contributed by atoms with Gasteiger partial charge in [0.25, 0.3) is 0 Å². The number of hydrogen-bond donors (Lipinski definition) is 0. The van der Waals surface area contributed by atoms with E-state index in [1.165, 1.54) is 7.11 Å². The van der Waals surface area contributed by atoms with Crippen molar-refractivity contribution in [1.82, 2.24) is 9.21 Å². The zero-order valence-electron chi connectivity index (χ0n) is 12.9. The normalized spacial score (nSPS) is 27.4. The van der Waals surface area contributed by atoms with Gasteiger partial charge in [-0.15, -0.1) is 0 Å². The molecule has 122 valence electrons. The summed E-state index contributed by atoms with van der Waals surface area (Å²) in [5, 5.41) is 0. The fraction of sp³-hybridized carbons (Fsp3) is 0.600. The summed E-state index contributed by atoms with van der Waals surface area (Å²) in [7, 11) is -0.0361. The molecular weight excluding hydrogens is 304 g/mol. The highest BCUT2D eigenvalue weighted by atomic mass is 32.2. The number of hydrogen-bond acceptors (Lipinski definition) is 5. The van der Waals surface area contributed by atoms with Crippen LogP contribution in [0.4, 0.5) is 0 Å². The van der Waals surface area contributed by atoms with E-state index in [2.05, 4.69) is 4.90 Å². The lowest BCUT2D eigenvalue weighted by atomic mass is 10.0. The molecule has 0 aliphatic carbocycles. The van der Waals surface area contributed by atoms with Crippen molar-refractivity contribution in [3.05, 3.63) is 24.3 Å². The van der Waals surface area contributed by atoms with Crippen molar-refractivity contribution in [2.24, 2.45) is 0 Å². The average Bonchev–Trinajstić information content (AvgIpc) is 2.55. The quantitative estimate of drug-likeness (QED) is 0.822. The molecule has 22 heavy (non-hydrogen) atoms. The Morgan fingerprint density at radius 3 is 2.82 bits per heavy atom. The molecule has 0 bridgehead atoms. The highest BCUT2D eigenvalue weighted by Crippen LogP contribution is 2.30. The molecule has 2 saturated heterocycles. The summed E-state index contributed by atoms with van der Waals surface area (Å²) in [4.78, 5) is 2.42. The Balaban J connectivity index is 1.87. The topological polar surface area (TPSA) is 59.1 Å². The van der Waals surface area contributed by atoms with Crippen molar-refractivity contribution in [3.63, 3.8) is 0 Å². The van der Waals surface area contributed by atoms with Gasteiger partial charge in [-0.3, -0.25) is 4.90 Å². The molecule has 0 spiro atoms. The maximum Gasteiger partial charge on any atom is 0.246 e. The summed E-state index contributed by atoms with van der Waals surface area (Å²) in [5.41, 5.74) is 0. The van der Waals surface area contributed by atoms with Gasteiger partial charge in [-0.1, -0.05) is 12.1 Å². The molecule has 2 fully saturated rings. The Hall–Kier alpha value is -1.15. The minimum absolute atomic E-state index is 0.118. The van der Waals surface area contributed by atoms with E-state index in [1.54, 1.807) is 28.6 Å². The first-order chi connectivity index (χ1) is 10.5. The predicted octanol–water partition coefficient (Wildman–Crippen LogP) is 0.789. The fourth-order valence-corrected chi connectivity index (χ4v) is 4.83. The molecule has 0 unspecified atom stereocenters. The lowest BCUT2D eigenvalue weighted by Crippen LogP contribution is -2.59. The molecule has 2 aliphatic heterocycles. The second-order valence-electron chi connectivity index (χ2n) is 5.76. The number of ether oxygens (including phenoxy) is 2. The first-order valence-electron chi connectivity index (χ1n) is 7.49. The van der Waals surface area contributed by atoms with Crippen molar-refractivity contribution in [2.45, 2.75) is 23.5 Å². The minimum Gasteiger partial charge on any atom is -0.495 e. The fourth-order valence-electron chi connectivity index (χ4n) is 3.20. The lowest BCUT2D eigenvalue weighted by molar-refractivity contribution is -0.0840. The molecule has 1 aromatic rings. The third-order valence-corrected chi connectivity index (χ3v) is 6.42. The van der Waals surface area contributed by atoms with E-state index in [4.69, 9.17) is 9.47 Å². The van der Waals surface area contributed by atoms with Gasteiger partial charge in [0.05, 0.1) is 19.8 Å². The van der Waals surface area contributed by atoms with Crippen LogP contribution in [0.1, 0.15) is 6.42 Å². The number of likely N-dealkylation sites (N-methyl/N-ethyl adjacent to an activating group) is 1. The van der Waals surface area contributed by atoms with Gasteiger partial charge < -0.3 is 9.47 Å². The van der Waals surface area contributed by atoms with Crippen molar-refractivity contribution in [1.29, 1.82) is 0 Å². The van der Waals surface area contributed by atoms with Crippen LogP contribution in [0.3, 0.4) is 0 Å². The molecule has 2 heterocycles. The molecule has 1 aromatic carbocycles. The molecule has 0 N–H and O–H groups in total. The van der Waals surface area contributed by atoms with Crippen LogP contribution in [0.2, 0.25) is 0 Å². The summed E-state index contributed by atoms with van der Waals surface area (Å²) in [6.07, 6.45) is 0.853. The number of rotatable bonds is 3. The van der Waals surface area contributed by atoms with Crippen LogP contribution in [-0.4, -0.2) is 70.2 Å². The standard InChI is InChI=1S/C15H22N2O4S/c1-16-9-10-21-13-7-8-17(11-12(13)16)22(18,19)15-6-4-3-5-14(15)20-2/h3-6,12-13H,7-11H2,1-2H3/t12-,13+/m0/s1. The second-order valence-corrected chi connectivity index (χ2v) is 7.67. The van der Waals surface area contributed by atoms with Gasteiger partial charge >= 0.3 is 0 Å². The first-order valence-corrected chi connectivity index (χ1v) is 8.93. The molecule has 0 amide bonds. The zero-order valence-corrected chi connectivity index (χ0v) is 13.8. The Morgan fingerprint density at radius 1 is 1.27 bits per heavy atom. The van der Waals surface area contributed by atoms with Crippen molar-refractivity contribution < 1.29 is 17.9 Å². The monoisotopic (exact) mass is 326 g/mol. The zero-order chi connectivity index (χ0) is 15.7. The molecule has 6 nitrogen and oxygen atoms in total. The Kier molecular flexibility index (Phi) is 4.40. The van der Waals surface area contributed by atoms with Gasteiger partial charge in [0.1, 0.15) is 10.6 Å². The van der Waals surface area contributed by atoms with Crippen LogP contribution in [0.25, 0.3) is 0 Å². The Bertz CT molecular complexity index is 634. The van der Waals surface area contributed by atoms with E-state index in [9.17, 15) is 8.42 Å². The maximum atomic E-state index is 12.9. The highest BCUT2D eigenvalue weighted by Gasteiger charge is 2.40. The van der Waals surface area contributed by atoms with Crippen LogP contribution < -0.4 is 4.74 Å². The van der Waals surface area contributed by atoms with Gasteiger partial charge in [0.2, 0.25) is 10.0 Å². The van der Waals surface area contributed by atoms with Gasteiger partial charge in [-0.05, 0) is 25.6 Å². The molecule has 0 radical (unpaired) electrons. The van der Waals surface area contributed by atoms with E-state index in [1.807, 2.05) is 7.05 Å². The van der Waals surface area contributed by atoms with Crippen molar-refractivity contribution >= 4 is 10.0 Å². The summed E-state index contributed by atoms with van der Waals surface area (Å²) in [6.45, 7) is 2.50. The molecule has 2 atom stereocenters. The third kappa shape index (κ3) is 2.74. The third-order valence-electron chi connectivity index (χ3n) is 4.51. The van der Waals surface area contributed by atoms with E-state index in [-0.39, 0.29) is 17.0 Å². The SMILES string of the molecule is COc1ccccc1S(=O)(=O)N1CC[C@H]2OCCN(C)[C@H]2C1. The van der Waals surface area contributed by atoms with Crippen LogP contribution in [0, 0.1) is 0 Å². The van der Waals surface area contributed by atoms with Gasteiger partial charge in [-0.25, -0.2) is 8.42 Å². The van der Waals surface area contributed by atoms with E-state index in [0.717, 1.165) is 19.6 Å². The number of methoxy groups -OCH3 is 1. The maximum absolute atomic E-state index is 12.9. The lowest BCUT2D eigenvalue weighted by Gasteiger charge is -2.45. The predicted molar refractivity (Wildman–Crippen MR) is 82.5 cm³/mol. The number of sulfonamides is 1. The van der Waals surface area contributed by atoms with E-state index >= 15 is 0 Å². The number of piperidine rings is 1. The number of para-hydroxylation sites is 1. The summed E-state index contributed by atoms with van der Waals surface area (Å²) < 4.78 is 38.4. The van der Waals surface area contributed by atoms with E-state index < -0.39 is 10.0 Å². The molecule has 2 aliphatic rings. The number of benzene rings is 1. The molecular formula is C15H22N2O4S. The Morgan fingerprint density at radius 2 is 2.05 bits per heavy atom. The smallest absolute Gasteiger partial charge is 0.246 e. The number of fused-ring (bicyclic) bond motifs is 1. The van der Waals surface area contributed by atoms with Crippen molar-refractivity contribution in [3.8, 4) is 5.75 Å². The largest absolute Gasteiger partial charge is 0.495 e. The Labute approximate surface area is 131 Å².